The Morgan fingerprint density at radius 2 is 1.80 bits per heavy atom. The first-order chi connectivity index (χ1) is 16.7. The van der Waals surface area contributed by atoms with E-state index in [0.717, 1.165) is 5.69 Å². The molecule has 180 valence electrons. The van der Waals surface area contributed by atoms with E-state index in [-0.39, 0.29) is 29.3 Å². The lowest BCUT2D eigenvalue weighted by molar-refractivity contribution is 0.262. The molecule has 0 aliphatic rings. The Morgan fingerprint density at radius 1 is 1.03 bits per heavy atom. The van der Waals surface area contributed by atoms with Crippen LogP contribution in [0.5, 0.6) is 5.88 Å². The summed E-state index contributed by atoms with van der Waals surface area (Å²) in [7, 11) is 0. The highest BCUT2D eigenvalue weighted by molar-refractivity contribution is 5.99. The molecule has 4 aromatic rings. The van der Waals surface area contributed by atoms with Gasteiger partial charge < -0.3 is 10.1 Å². The smallest absolute Gasteiger partial charge is 0.324 e. The molecule has 8 nitrogen and oxygen atoms in total. The molecule has 0 fully saturated rings. The van der Waals surface area contributed by atoms with Crippen LogP contribution in [-0.2, 0) is 12.0 Å². The third-order valence-electron chi connectivity index (χ3n) is 5.01. The number of nitrogens with zero attached hydrogens (tertiary/aromatic N) is 4. The van der Waals surface area contributed by atoms with E-state index in [9.17, 15) is 13.6 Å². The van der Waals surface area contributed by atoms with Gasteiger partial charge in [-0.05, 0) is 42.5 Å². The average molecular weight is 479 g/mol. The average Bonchev–Trinajstić information content (AvgIpc) is 3.25. The highest BCUT2D eigenvalue weighted by Crippen LogP contribution is 2.27. The molecule has 2 aromatic carbocycles. The molecule has 2 amide bonds. The minimum atomic E-state index is -0.555. The van der Waals surface area contributed by atoms with Crippen molar-refractivity contribution in [3.63, 3.8) is 0 Å². The van der Waals surface area contributed by atoms with Crippen molar-refractivity contribution in [3.8, 4) is 11.6 Å². The highest BCUT2D eigenvalue weighted by Gasteiger charge is 2.21. The van der Waals surface area contributed by atoms with Crippen LogP contribution in [-0.4, -0.2) is 25.8 Å². The van der Waals surface area contributed by atoms with E-state index in [0.29, 0.717) is 17.2 Å². The summed E-state index contributed by atoms with van der Waals surface area (Å²) in [5.74, 6) is -0.206. The summed E-state index contributed by atoms with van der Waals surface area (Å²) in [5.41, 5.74) is 1.64. The van der Waals surface area contributed by atoms with Gasteiger partial charge in [0.1, 0.15) is 24.1 Å². The zero-order chi connectivity index (χ0) is 25.0. The van der Waals surface area contributed by atoms with Crippen LogP contribution in [0.2, 0.25) is 0 Å². The van der Waals surface area contributed by atoms with E-state index in [4.69, 9.17) is 4.74 Å². The predicted molar refractivity (Wildman–Crippen MR) is 128 cm³/mol. The fraction of sp³-hybridized carbons (Fsp3) is 0.200. The number of carbonyl (C=O) groups is 1. The quantitative estimate of drug-likeness (QED) is 0.384. The van der Waals surface area contributed by atoms with Gasteiger partial charge in [0.15, 0.2) is 0 Å². The van der Waals surface area contributed by atoms with Crippen LogP contribution in [0.3, 0.4) is 0 Å². The molecule has 0 unspecified atom stereocenters. The molecule has 10 heteroatoms. The monoisotopic (exact) mass is 478 g/mol. The Kier molecular flexibility index (Phi) is 6.72. The van der Waals surface area contributed by atoms with E-state index >= 15 is 0 Å². The molecular formula is C25H24F2N6O2. The highest BCUT2D eigenvalue weighted by atomic mass is 19.1. The minimum Gasteiger partial charge on any atom is -0.472 e. The van der Waals surface area contributed by atoms with Crippen LogP contribution < -0.4 is 15.4 Å². The molecule has 0 aliphatic carbocycles. The molecule has 35 heavy (non-hydrogen) atoms. The van der Waals surface area contributed by atoms with Crippen LogP contribution in [0.4, 0.5) is 25.1 Å². The van der Waals surface area contributed by atoms with Crippen LogP contribution in [0, 0.1) is 11.6 Å². The van der Waals surface area contributed by atoms with Crippen LogP contribution in [0.1, 0.15) is 32.0 Å². The first kappa shape index (κ1) is 23.8. The normalized spacial score (nSPS) is 11.2. The number of carbonyl (C=O) groups excluding carboxylic acids is 1. The number of ether oxygens (including phenoxy) is 1. The van der Waals surface area contributed by atoms with Crippen molar-refractivity contribution in [1.29, 1.82) is 0 Å². The van der Waals surface area contributed by atoms with Crippen molar-refractivity contribution in [1.82, 2.24) is 19.7 Å². The summed E-state index contributed by atoms with van der Waals surface area (Å²) in [6.45, 7) is 5.90. The van der Waals surface area contributed by atoms with Gasteiger partial charge in [0.2, 0.25) is 5.88 Å². The number of hydrogen-bond acceptors (Lipinski definition) is 5. The van der Waals surface area contributed by atoms with Gasteiger partial charge in [-0.15, -0.1) is 0 Å². The number of rotatable bonds is 6. The number of amides is 2. The molecule has 4 rings (SSSR count). The molecular weight excluding hydrogens is 454 g/mol. The lowest BCUT2D eigenvalue weighted by Crippen LogP contribution is -2.21. The van der Waals surface area contributed by atoms with Gasteiger partial charge in [0.05, 0.1) is 17.6 Å². The van der Waals surface area contributed by atoms with Gasteiger partial charge in [0, 0.05) is 35.1 Å². The Morgan fingerprint density at radius 3 is 2.49 bits per heavy atom. The first-order valence-electron chi connectivity index (χ1n) is 10.8. The third kappa shape index (κ3) is 5.97. The number of nitrogens with one attached hydrogen (secondary N) is 2. The lowest BCUT2D eigenvalue weighted by Gasteiger charge is -2.14. The van der Waals surface area contributed by atoms with Crippen molar-refractivity contribution in [2.45, 2.75) is 32.8 Å². The van der Waals surface area contributed by atoms with Gasteiger partial charge in [0.25, 0.3) is 0 Å². The second-order valence-corrected chi connectivity index (χ2v) is 8.77. The largest absolute Gasteiger partial charge is 0.472 e. The molecule has 0 saturated carbocycles. The predicted octanol–water partition coefficient (Wildman–Crippen LogP) is 5.46. The molecule has 2 N–H and O–H groups in total. The summed E-state index contributed by atoms with van der Waals surface area (Å²) >= 11 is 0. The van der Waals surface area contributed by atoms with Crippen LogP contribution in [0.15, 0.2) is 67.1 Å². The topological polar surface area (TPSA) is 94.0 Å². The molecule has 0 spiro atoms. The number of urea groups is 1. The first-order valence-corrected chi connectivity index (χ1v) is 10.8. The Hall–Kier alpha value is -4.34. The van der Waals surface area contributed by atoms with E-state index in [2.05, 4.69) is 25.7 Å². The van der Waals surface area contributed by atoms with Crippen molar-refractivity contribution in [2.75, 3.05) is 10.6 Å². The lowest BCUT2D eigenvalue weighted by atomic mass is 9.92. The standard InChI is InChI=1S/C25H24F2N6O2/c1-25(2,3)21-13-22(33(32-21)19-7-4-17(26)5-8-19)31-24(34)30-18-6-9-20(27)16(12-18)15-35-23-14-28-10-11-29-23/h4-14H,15H2,1-3H3,(H2,30,31,34). The molecule has 0 bridgehead atoms. The van der Waals surface area contributed by atoms with Crippen LogP contribution >= 0.6 is 0 Å². The number of benzene rings is 2. The maximum Gasteiger partial charge on any atom is 0.324 e. The number of hydrogen-bond donors (Lipinski definition) is 2. The number of anilines is 2. The second kappa shape index (κ2) is 9.88. The third-order valence-corrected chi connectivity index (χ3v) is 5.01. The van der Waals surface area contributed by atoms with Crippen molar-refractivity contribution in [3.05, 3.63) is 90.0 Å². The van der Waals surface area contributed by atoms with Crippen molar-refractivity contribution < 1.29 is 18.3 Å². The minimum absolute atomic E-state index is 0.0893. The molecule has 0 atom stereocenters. The Bertz CT molecular complexity index is 1320. The van der Waals surface area contributed by atoms with Gasteiger partial charge in [-0.1, -0.05) is 20.8 Å². The summed E-state index contributed by atoms with van der Waals surface area (Å²) in [4.78, 5) is 20.7. The summed E-state index contributed by atoms with van der Waals surface area (Å²) < 4.78 is 34.7. The van der Waals surface area contributed by atoms with Gasteiger partial charge in [-0.25, -0.2) is 23.2 Å². The maximum absolute atomic E-state index is 14.3. The zero-order valence-electron chi connectivity index (χ0n) is 19.4. The fourth-order valence-corrected chi connectivity index (χ4v) is 3.17. The SMILES string of the molecule is CC(C)(C)c1cc(NC(=O)Nc2ccc(F)c(COc3cnccn3)c2)n(-c2ccc(F)cc2)n1. The molecule has 0 aliphatic heterocycles. The summed E-state index contributed by atoms with van der Waals surface area (Å²) in [6, 6.07) is 11.1. The molecule has 0 saturated heterocycles. The van der Waals surface area contributed by atoms with Gasteiger partial charge >= 0.3 is 6.03 Å². The Labute approximate surface area is 201 Å². The number of halogens is 2. The fourth-order valence-electron chi connectivity index (χ4n) is 3.17. The molecule has 2 aromatic heterocycles. The van der Waals surface area contributed by atoms with Crippen LogP contribution in [0.25, 0.3) is 5.69 Å². The maximum atomic E-state index is 14.3. The van der Waals surface area contributed by atoms with E-state index in [1.807, 2.05) is 20.8 Å². The van der Waals surface area contributed by atoms with E-state index < -0.39 is 11.8 Å². The van der Waals surface area contributed by atoms with Gasteiger partial charge in [-0.2, -0.15) is 5.10 Å². The summed E-state index contributed by atoms with van der Waals surface area (Å²) in [5, 5.41) is 10.1. The van der Waals surface area contributed by atoms with E-state index in [1.54, 1.807) is 18.2 Å². The van der Waals surface area contributed by atoms with Crippen molar-refractivity contribution in [2.24, 2.45) is 0 Å². The second-order valence-electron chi connectivity index (χ2n) is 8.77. The molecule has 0 radical (unpaired) electrons. The number of aromatic nitrogens is 4. The molecule has 2 heterocycles. The Balaban J connectivity index is 1.51. The zero-order valence-corrected chi connectivity index (χ0v) is 19.4. The van der Waals surface area contributed by atoms with E-state index in [1.165, 1.54) is 53.6 Å². The summed E-state index contributed by atoms with van der Waals surface area (Å²) in [6.07, 6.45) is 4.39. The van der Waals surface area contributed by atoms with Crippen molar-refractivity contribution >= 4 is 17.5 Å². The van der Waals surface area contributed by atoms with Gasteiger partial charge in [-0.3, -0.25) is 10.3 Å².